The zero-order valence-corrected chi connectivity index (χ0v) is 8.01. The SMILES string of the molecule is CCCCCC=C(C)COC=O. The van der Waals surface area contributed by atoms with Crippen molar-refractivity contribution in [2.75, 3.05) is 6.61 Å². The number of unbranched alkanes of at least 4 members (excludes halogenated alkanes) is 3. The summed E-state index contributed by atoms with van der Waals surface area (Å²) in [5.74, 6) is 0. The molecule has 0 rings (SSSR count). The Labute approximate surface area is 74.6 Å². The predicted molar refractivity (Wildman–Crippen MR) is 49.9 cm³/mol. The van der Waals surface area contributed by atoms with Crippen molar-refractivity contribution in [2.45, 2.75) is 39.5 Å². The van der Waals surface area contributed by atoms with E-state index in [1.807, 2.05) is 6.92 Å². The maximum atomic E-state index is 9.84. The monoisotopic (exact) mass is 170 g/mol. The molecule has 0 amide bonds. The van der Waals surface area contributed by atoms with Crippen molar-refractivity contribution < 1.29 is 9.53 Å². The Hall–Kier alpha value is -0.790. The van der Waals surface area contributed by atoms with Crippen LogP contribution in [-0.4, -0.2) is 13.1 Å². The van der Waals surface area contributed by atoms with Gasteiger partial charge in [0.05, 0.1) is 0 Å². The average molecular weight is 170 g/mol. The van der Waals surface area contributed by atoms with E-state index in [1.165, 1.54) is 19.3 Å². The molecule has 70 valence electrons. The fourth-order valence-electron chi connectivity index (χ4n) is 0.967. The van der Waals surface area contributed by atoms with Gasteiger partial charge in [0.15, 0.2) is 0 Å². The van der Waals surface area contributed by atoms with E-state index in [9.17, 15) is 4.79 Å². The van der Waals surface area contributed by atoms with Gasteiger partial charge in [-0.1, -0.05) is 25.8 Å². The Morgan fingerprint density at radius 3 is 2.75 bits per heavy atom. The van der Waals surface area contributed by atoms with Crippen molar-refractivity contribution in [1.29, 1.82) is 0 Å². The molecule has 0 aliphatic heterocycles. The zero-order valence-electron chi connectivity index (χ0n) is 8.01. The normalized spacial score (nSPS) is 11.3. The van der Waals surface area contributed by atoms with E-state index in [1.54, 1.807) is 0 Å². The molecule has 2 heteroatoms. The van der Waals surface area contributed by atoms with Crippen LogP contribution in [-0.2, 0) is 9.53 Å². The molecule has 0 aromatic rings. The number of hydrogen-bond acceptors (Lipinski definition) is 2. The van der Waals surface area contributed by atoms with Crippen LogP contribution in [0.25, 0.3) is 0 Å². The maximum absolute atomic E-state index is 9.84. The second kappa shape index (κ2) is 8.31. The molecule has 0 heterocycles. The fraction of sp³-hybridized carbons (Fsp3) is 0.700. The molecular formula is C10H18O2. The Balaban J connectivity index is 3.34. The van der Waals surface area contributed by atoms with Gasteiger partial charge in [-0.05, 0) is 25.3 Å². The molecule has 0 aliphatic rings. The maximum Gasteiger partial charge on any atom is 0.293 e. The Morgan fingerprint density at radius 2 is 2.17 bits per heavy atom. The van der Waals surface area contributed by atoms with Gasteiger partial charge in [-0.3, -0.25) is 4.79 Å². The molecule has 0 N–H and O–H groups in total. The minimum absolute atomic E-state index is 0.440. The van der Waals surface area contributed by atoms with Gasteiger partial charge in [0.2, 0.25) is 0 Å². The zero-order chi connectivity index (χ0) is 9.23. The number of carbonyl (C=O) groups is 1. The smallest absolute Gasteiger partial charge is 0.293 e. The first-order chi connectivity index (χ1) is 5.81. The molecule has 0 saturated carbocycles. The lowest BCUT2D eigenvalue weighted by molar-refractivity contribution is -0.127. The van der Waals surface area contributed by atoms with Crippen LogP contribution in [0.1, 0.15) is 39.5 Å². The van der Waals surface area contributed by atoms with Crippen LogP contribution in [0, 0.1) is 0 Å². The van der Waals surface area contributed by atoms with Crippen molar-refractivity contribution in [2.24, 2.45) is 0 Å². The van der Waals surface area contributed by atoms with Crippen molar-refractivity contribution in [3.8, 4) is 0 Å². The molecule has 0 spiro atoms. The molecule has 0 aliphatic carbocycles. The van der Waals surface area contributed by atoms with Gasteiger partial charge in [0.25, 0.3) is 6.47 Å². The highest BCUT2D eigenvalue weighted by Crippen LogP contribution is 2.03. The van der Waals surface area contributed by atoms with Gasteiger partial charge in [0, 0.05) is 0 Å². The summed E-state index contributed by atoms with van der Waals surface area (Å²) in [5.41, 5.74) is 1.14. The summed E-state index contributed by atoms with van der Waals surface area (Å²) < 4.78 is 4.60. The average Bonchev–Trinajstić information content (AvgIpc) is 2.09. The molecule has 0 unspecified atom stereocenters. The fourth-order valence-corrected chi connectivity index (χ4v) is 0.967. The summed E-state index contributed by atoms with van der Waals surface area (Å²) >= 11 is 0. The molecular weight excluding hydrogens is 152 g/mol. The first-order valence-corrected chi connectivity index (χ1v) is 4.52. The summed E-state index contributed by atoms with van der Waals surface area (Å²) in [5, 5.41) is 0. The van der Waals surface area contributed by atoms with Crippen molar-refractivity contribution in [3.05, 3.63) is 11.6 Å². The summed E-state index contributed by atoms with van der Waals surface area (Å²) in [4.78, 5) is 9.84. The van der Waals surface area contributed by atoms with Gasteiger partial charge in [-0.25, -0.2) is 0 Å². The largest absolute Gasteiger partial charge is 0.463 e. The van der Waals surface area contributed by atoms with Gasteiger partial charge in [-0.15, -0.1) is 0 Å². The highest BCUT2D eigenvalue weighted by molar-refractivity contribution is 5.37. The second-order valence-corrected chi connectivity index (χ2v) is 2.95. The van der Waals surface area contributed by atoms with E-state index in [0.717, 1.165) is 12.0 Å². The lowest BCUT2D eigenvalue weighted by Gasteiger charge is -1.98. The van der Waals surface area contributed by atoms with Crippen LogP contribution in [0.3, 0.4) is 0 Å². The lowest BCUT2D eigenvalue weighted by atomic mass is 10.1. The lowest BCUT2D eigenvalue weighted by Crippen LogP contribution is -1.92. The van der Waals surface area contributed by atoms with E-state index >= 15 is 0 Å². The van der Waals surface area contributed by atoms with Crippen LogP contribution in [0.5, 0.6) is 0 Å². The van der Waals surface area contributed by atoms with E-state index in [2.05, 4.69) is 17.7 Å². The van der Waals surface area contributed by atoms with Crippen LogP contribution < -0.4 is 0 Å². The number of allylic oxidation sites excluding steroid dienone is 1. The molecule has 2 nitrogen and oxygen atoms in total. The number of rotatable bonds is 7. The third kappa shape index (κ3) is 7.32. The minimum Gasteiger partial charge on any atom is -0.463 e. The molecule has 0 fully saturated rings. The molecule has 0 aromatic carbocycles. The highest BCUT2D eigenvalue weighted by Gasteiger charge is 1.88. The Kier molecular flexibility index (Phi) is 7.76. The van der Waals surface area contributed by atoms with E-state index in [-0.39, 0.29) is 0 Å². The predicted octanol–water partition coefficient (Wildman–Crippen LogP) is 2.69. The molecule has 0 aromatic heterocycles. The summed E-state index contributed by atoms with van der Waals surface area (Å²) in [6.07, 6.45) is 6.99. The Bertz CT molecular complexity index is 139. The standard InChI is InChI=1S/C10H18O2/c1-3-4-5-6-7-10(2)8-12-9-11/h7,9H,3-6,8H2,1-2H3. The molecule has 0 atom stereocenters. The van der Waals surface area contributed by atoms with Crippen LogP contribution >= 0.6 is 0 Å². The van der Waals surface area contributed by atoms with E-state index in [0.29, 0.717) is 13.1 Å². The van der Waals surface area contributed by atoms with Gasteiger partial charge in [-0.2, -0.15) is 0 Å². The summed E-state index contributed by atoms with van der Waals surface area (Å²) in [7, 11) is 0. The van der Waals surface area contributed by atoms with Gasteiger partial charge >= 0.3 is 0 Å². The van der Waals surface area contributed by atoms with Crippen LogP contribution in [0.15, 0.2) is 11.6 Å². The van der Waals surface area contributed by atoms with E-state index < -0.39 is 0 Å². The number of hydrogen-bond donors (Lipinski definition) is 0. The molecule has 0 saturated heterocycles. The second-order valence-electron chi connectivity index (χ2n) is 2.95. The first-order valence-electron chi connectivity index (χ1n) is 4.52. The third-order valence-corrected chi connectivity index (χ3v) is 1.68. The van der Waals surface area contributed by atoms with Gasteiger partial charge < -0.3 is 4.74 Å². The number of carbonyl (C=O) groups excluding carboxylic acids is 1. The van der Waals surface area contributed by atoms with Crippen molar-refractivity contribution in [3.63, 3.8) is 0 Å². The molecule has 0 bridgehead atoms. The molecule has 12 heavy (non-hydrogen) atoms. The highest BCUT2D eigenvalue weighted by atomic mass is 16.5. The Morgan fingerprint density at radius 1 is 1.42 bits per heavy atom. The van der Waals surface area contributed by atoms with Crippen LogP contribution in [0.2, 0.25) is 0 Å². The van der Waals surface area contributed by atoms with Crippen molar-refractivity contribution >= 4 is 6.47 Å². The topological polar surface area (TPSA) is 26.3 Å². The summed E-state index contributed by atoms with van der Waals surface area (Å²) in [6.45, 7) is 5.10. The van der Waals surface area contributed by atoms with Crippen molar-refractivity contribution in [1.82, 2.24) is 0 Å². The quantitative estimate of drug-likeness (QED) is 0.333. The van der Waals surface area contributed by atoms with E-state index in [4.69, 9.17) is 0 Å². The summed E-state index contributed by atoms with van der Waals surface area (Å²) in [6, 6.07) is 0. The van der Waals surface area contributed by atoms with Gasteiger partial charge in [0.1, 0.15) is 6.61 Å². The molecule has 0 radical (unpaired) electrons. The first kappa shape index (κ1) is 11.2. The van der Waals surface area contributed by atoms with Crippen LogP contribution in [0.4, 0.5) is 0 Å². The third-order valence-electron chi connectivity index (χ3n) is 1.68. The number of ether oxygens (including phenoxy) is 1. The minimum atomic E-state index is 0.440.